The second-order valence-corrected chi connectivity index (χ2v) is 5.86. The SMILES string of the molecule is CC1CN(C(=O)c2ccc3c(c2)CNCC3)C(C)CO1. The van der Waals surface area contributed by atoms with E-state index in [9.17, 15) is 4.79 Å². The van der Waals surface area contributed by atoms with Crippen molar-refractivity contribution in [2.45, 2.75) is 39.0 Å². The molecule has 1 fully saturated rings. The number of hydrogen-bond donors (Lipinski definition) is 1. The van der Waals surface area contributed by atoms with Gasteiger partial charge in [-0.25, -0.2) is 0 Å². The molecule has 1 aromatic carbocycles. The van der Waals surface area contributed by atoms with E-state index in [4.69, 9.17) is 4.74 Å². The molecule has 0 aliphatic carbocycles. The van der Waals surface area contributed by atoms with Gasteiger partial charge in [0.25, 0.3) is 5.91 Å². The minimum atomic E-state index is 0.120. The summed E-state index contributed by atoms with van der Waals surface area (Å²) in [6, 6.07) is 6.28. The minimum Gasteiger partial charge on any atom is -0.375 e. The molecule has 0 saturated carbocycles. The number of nitrogens with one attached hydrogen (secondary N) is 1. The van der Waals surface area contributed by atoms with Crippen LogP contribution in [0.4, 0.5) is 0 Å². The van der Waals surface area contributed by atoms with Gasteiger partial charge in [-0.1, -0.05) is 6.07 Å². The molecule has 2 heterocycles. The number of carbonyl (C=O) groups is 1. The normalized spacial score (nSPS) is 26.2. The summed E-state index contributed by atoms with van der Waals surface area (Å²) in [6.45, 7) is 7.26. The molecule has 1 N–H and O–H groups in total. The number of fused-ring (bicyclic) bond motifs is 1. The highest BCUT2D eigenvalue weighted by Gasteiger charge is 2.28. The lowest BCUT2D eigenvalue weighted by Gasteiger charge is -2.37. The van der Waals surface area contributed by atoms with Crippen LogP contribution in [-0.4, -0.2) is 42.6 Å². The van der Waals surface area contributed by atoms with Crippen molar-refractivity contribution in [3.05, 3.63) is 34.9 Å². The van der Waals surface area contributed by atoms with Gasteiger partial charge in [0.1, 0.15) is 0 Å². The number of carbonyl (C=O) groups excluding carboxylic acids is 1. The maximum atomic E-state index is 12.7. The van der Waals surface area contributed by atoms with E-state index < -0.39 is 0 Å². The van der Waals surface area contributed by atoms with E-state index >= 15 is 0 Å². The zero-order valence-electron chi connectivity index (χ0n) is 12.2. The number of amides is 1. The van der Waals surface area contributed by atoms with Crippen molar-refractivity contribution >= 4 is 5.91 Å². The van der Waals surface area contributed by atoms with E-state index in [2.05, 4.69) is 17.4 Å². The summed E-state index contributed by atoms with van der Waals surface area (Å²) < 4.78 is 5.59. The molecule has 0 aromatic heterocycles. The Morgan fingerprint density at radius 3 is 3.05 bits per heavy atom. The van der Waals surface area contributed by atoms with Gasteiger partial charge in [-0.15, -0.1) is 0 Å². The second kappa shape index (κ2) is 5.54. The molecule has 0 radical (unpaired) electrons. The van der Waals surface area contributed by atoms with Crippen molar-refractivity contribution in [1.29, 1.82) is 0 Å². The van der Waals surface area contributed by atoms with Crippen molar-refractivity contribution in [2.75, 3.05) is 19.7 Å². The predicted molar refractivity (Wildman–Crippen MR) is 77.8 cm³/mol. The first-order valence-corrected chi connectivity index (χ1v) is 7.40. The maximum absolute atomic E-state index is 12.7. The van der Waals surface area contributed by atoms with Crippen LogP contribution >= 0.6 is 0 Å². The average molecular weight is 274 g/mol. The summed E-state index contributed by atoms with van der Waals surface area (Å²) in [7, 11) is 0. The Labute approximate surface area is 120 Å². The largest absolute Gasteiger partial charge is 0.375 e. The fourth-order valence-electron chi connectivity index (χ4n) is 2.97. The number of morpholine rings is 1. The van der Waals surface area contributed by atoms with Crippen molar-refractivity contribution in [3.8, 4) is 0 Å². The average Bonchev–Trinajstić information content (AvgIpc) is 2.48. The lowest BCUT2D eigenvalue weighted by molar-refractivity contribution is -0.0387. The van der Waals surface area contributed by atoms with Gasteiger partial charge in [0.05, 0.1) is 18.8 Å². The summed E-state index contributed by atoms with van der Waals surface area (Å²) >= 11 is 0. The van der Waals surface area contributed by atoms with E-state index in [1.54, 1.807) is 0 Å². The second-order valence-electron chi connectivity index (χ2n) is 5.86. The summed E-state index contributed by atoms with van der Waals surface area (Å²) in [5.41, 5.74) is 3.42. The van der Waals surface area contributed by atoms with Gasteiger partial charge in [-0.2, -0.15) is 0 Å². The Morgan fingerprint density at radius 1 is 1.35 bits per heavy atom. The van der Waals surface area contributed by atoms with Crippen molar-refractivity contribution < 1.29 is 9.53 Å². The molecule has 2 aliphatic heterocycles. The molecule has 0 spiro atoms. The molecular formula is C16H22N2O2. The molecule has 2 atom stereocenters. The highest BCUT2D eigenvalue weighted by atomic mass is 16.5. The highest BCUT2D eigenvalue weighted by molar-refractivity contribution is 5.94. The van der Waals surface area contributed by atoms with Crippen LogP contribution in [-0.2, 0) is 17.7 Å². The van der Waals surface area contributed by atoms with Crippen LogP contribution in [0.15, 0.2) is 18.2 Å². The van der Waals surface area contributed by atoms with Crippen LogP contribution in [0.1, 0.15) is 35.3 Å². The number of rotatable bonds is 1. The first-order valence-electron chi connectivity index (χ1n) is 7.40. The molecule has 1 aromatic rings. The molecule has 4 heteroatoms. The Morgan fingerprint density at radius 2 is 2.20 bits per heavy atom. The van der Waals surface area contributed by atoms with Crippen LogP contribution in [0.5, 0.6) is 0 Å². The summed E-state index contributed by atoms with van der Waals surface area (Å²) in [5.74, 6) is 0.126. The molecule has 3 rings (SSSR count). The van der Waals surface area contributed by atoms with E-state index in [1.165, 1.54) is 11.1 Å². The molecule has 2 unspecified atom stereocenters. The Balaban J connectivity index is 1.82. The van der Waals surface area contributed by atoms with E-state index in [1.807, 2.05) is 24.8 Å². The first-order chi connectivity index (χ1) is 9.65. The number of nitrogens with zero attached hydrogens (tertiary/aromatic N) is 1. The topological polar surface area (TPSA) is 41.6 Å². The molecule has 0 bridgehead atoms. The third kappa shape index (κ3) is 2.58. The summed E-state index contributed by atoms with van der Waals surface area (Å²) in [4.78, 5) is 14.6. The third-order valence-corrected chi connectivity index (χ3v) is 4.21. The molecule has 4 nitrogen and oxygen atoms in total. The van der Waals surface area contributed by atoms with Gasteiger partial charge in [-0.3, -0.25) is 4.79 Å². The van der Waals surface area contributed by atoms with Crippen molar-refractivity contribution in [2.24, 2.45) is 0 Å². The van der Waals surface area contributed by atoms with Gasteiger partial charge in [0, 0.05) is 18.7 Å². The van der Waals surface area contributed by atoms with Crippen molar-refractivity contribution in [3.63, 3.8) is 0 Å². The van der Waals surface area contributed by atoms with Gasteiger partial charge in [0.2, 0.25) is 0 Å². The quantitative estimate of drug-likeness (QED) is 0.845. The molecule has 1 saturated heterocycles. The molecule has 2 aliphatic rings. The lowest BCUT2D eigenvalue weighted by atomic mass is 9.98. The van der Waals surface area contributed by atoms with E-state index in [0.29, 0.717) is 13.2 Å². The van der Waals surface area contributed by atoms with Crippen LogP contribution in [0.2, 0.25) is 0 Å². The van der Waals surface area contributed by atoms with Crippen LogP contribution in [0.25, 0.3) is 0 Å². The number of ether oxygens (including phenoxy) is 1. The molecule has 108 valence electrons. The fourth-order valence-corrected chi connectivity index (χ4v) is 2.97. The maximum Gasteiger partial charge on any atom is 0.254 e. The van der Waals surface area contributed by atoms with Gasteiger partial charge in [0.15, 0.2) is 0 Å². The Kier molecular flexibility index (Phi) is 3.76. The van der Waals surface area contributed by atoms with E-state index in [-0.39, 0.29) is 18.1 Å². The standard InChI is InChI=1S/C16H22N2O2/c1-11-10-20-12(2)9-18(11)16(19)14-4-3-13-5-6-17-8-15(13)7-14/h3-4,7,11-12,17H,5-6,8-10H2,1-2H3. The minimum absolute atomic E-state index is 0.120. The van der Waals surface area contributed by atoms with E-state index in [0.717, 1.165) is 25.1 Å². The van der Waals surface area contributed by atoms with Crippen LogP contribution in [0, 0.1) is 0 Å². The summed E-state index contributed by atoms with van der Waals surface area (Å²) in [5, 5.41) is 3.36. The zero-order chi connectivity index (χ0) is 14.1. The molecule has 20 heavy (non-hydrogen) atoms. The highest BCUT2D eigenvalue weighted by Crippen LogP contribution is 2.20. The zero-order valence-corrected chi connectivity index (χ0v) is 12.2. The first kappa shape index (κ1) is 13.6. The molecular weight excluding hydrogens is 252 g/mol. The van der Waals surface area contributed by atoms with Gasteiger partial charge >= 0.3 is 0 Å². The lowest BCUT2D eigenvalue weighted by Crippen LogP contribution is -2.50. The third-order valence-electron chi connectivity index (χ3n) is 4.21. The number of benzene rings is 1. The van der Waals surface area contributed by atoms with Crippen LogP contribution < -0.4 is 5.32 Å². The monoisotopic (exact) mass is 274 g/mol. The van der Waals surface area contributed by atoms with Gasteiger partial charge < -0.3 is 15.0 Å². The van der Waals surface area contributed by atoms with Crippen LogP contribution in [0.3, 0.4) is 0 Å². The fraction of sp³-hybridized carbons (Fsp3) is 0.562. The Bertz CT molecular complexity index is 515. The number of hydrogen-bond acceptors (Lipinski definition) is 3. The molecule has 1 amide bonds. The van der Waals surface area contributed by atoms with Gasteiger partial charge in [-0.05, 0) is 50.1 Å². The summed E-state index contributed by atoms with van der Waals surface area (Å²) in [6.07, 6.45) is 1.17. The smallest absolute Gasteiger partial charge is 0.254 e. The predicted octanol–water partition coefficient (Wildman–Crippen LogP) is 1.58. The van der Waals surface area contributed by atoms with Crippen molar-refractivity contribution in [1.82, 2.24) is 10.2 Å². The Hall–Kier alpha value is -1.39.